The molecule has 3 aromatic rings. The first kappa shape index (κ1) is 34.8. The van der Waals surface area contributed by atoms with Crippen molar-refractivity contribution in [3.8, 4) is 22.9 Å². The third kappa shape index (κ3) is 6.52. The number of carbonyl (C=O) groups is 1. The zero-order valence-electron chi connectivity index (χ0n) is 27.8. The third-order valence-corrected chi connectivity index (χ3v) is 10.7. The monoisotopic (exact) mass is 686 g/mol. The average Bonchev–Trinajstić information content (AvgIpc) is 3.55. The Hall–Kier alpha value is -4.05. The number of carbonyl (C=O) groups excluding carboxylic acids is 1. The Balaban J connectivity index is 1.28. The SMILES string of the molecule is CC(C)(C#N)Oc1ccc(-c2cc(N(CC34CCC(c5noc(C(C)(C)F)n5)(CC3)CC4)C(=O)[C@H]3C[C@](O)(C(F)(F)F)C3)ccc2F)cc1. The van der Waals surface area contributed by atoms with Crippen molar-refractivity contribution in [1.82, 2.24) is 10.1 Å². The fourth-order valence-electron chi connectivity index (χ4n) is 7.45. The number of hydrogen-bond donors (Lipinski definition) is 1. The Morgan fingerprint density at radius 1 is 1.02 bits per heavy atom. The average molecular weight is 687 g/mol. The number of ether oxygens (including phenoxy) is 1. The van der Waals surface area contributed by atoms with Crippen LogP contribution >= 0.6 is 0 Å². The van der Waals surface area contributed by atoms with Crippen LogP contribution < -0.4 is 9.64 Å². The summed E-state index contributed by atoms with van der Waals surface area (Å²) >= 11 is 0. The minimum Gasteiger partial charge on any atom is -0.473 e. The van der Waals surface area contributed by atoms with Crippen LogP contribution in [0.1, 0.15) is 90.8 Å². The van der Waals surface area contributed by atoms with Gasteiger partial charge in [0.15, 0.2) is 22.7 Å². The number of nitriles is 1. The molecule has 1 amide bonds. The minimum absolute atomic E-state index is 0.0874. The molecule has 49 heavy (non-hydrogen) atoms. The summed E-state index contributed by atoms with van der Waals surface area (Å²) in [5, 5.41) is 23.6. The topological polar surface area (TPSA) is 112 Å². The maximum absolute atomic E-state index is 15.3. The van der Waals surface area contributed by atoms with Gasteiger partial charge in [-0.25, -0.2) is 8.78 Å². The molecule has 2 bridgehead atoms. The summed E-state index contributed by atoms with van der Waals surface area (Å²) in [4.78, 5) is 19.9. The van der Waals surface area contributed by atoms with Gasteiger partial charge in [-0.3, -0.25) is 4.79 Å². The Morgan fingerprint density at radius 3 is 2.16 bits per heavy atom. The standard InChI is InChI=1S/C36H39F5N4O4/c1-31(2,20-42)48-25-8-5-22(6-9-25)26-17-24(7-10-27(26)37)45(28(46)23-18-35(47,19-23)36(39,40)41)21-33-11-14-34(15-12-33,16-13-33)29-43-30(49-44-29)32(3,4)38/h5-10,17,23,47H,11-16,18-19,21H2,1-4H3/t23-,33?,34?,35+. The van der Waals surface area contributed by atoms with Crippen molar-refractivity contribution in [3.63, 3.8) is 0 Å². The summed E-state index contributed by atoms with van der Waals surface area (Å²) in [5.41, 5.74) is -5.59. The van der Waals surface area contributed by atoms with Crippen LogP contribution in [-0.4, -0.2) is 45.1 Å². The van der Waals surface area contributed by atoms with Crippen LogP contribution in [0.2, 0.25) is 0 Å². The highest BCUT2D eigenvalue weighted by molar-refractivity contribution is 5.96. The molecule has 1 heterocycles. The van der Waals surface area contributed by atoms with E-state index in [0.29, 0.717) is 61.3 Å². The number of rotatable bonds is 9. The molecule has 7 rings (SSSR count). The number of aromatic nitrogens is 2. The summed E-state index contributed by atoms with van der Waals surface area (Å²) in [6.07, 6.45) is -2.42. The Labute approximate surface area is 281 Å². The van der Waals surface area contributed by atoms with Crippen molar-refractivity contribution in [2.75, 3.05) is 11.4 Å². The largest absolute Gasteiger partial charge is 0.473 e. The van der Waals surface area contributed by atoms with Crippen LogP contribution in [-0.2, 0) is 15.9 Å². The summed E-state index contributed by atoms with van der Waals surface area (Å²) in [7, 11) is 0. The Morgan fingerprint density at radius 2 is 1.63 bits per heavy atom. The van der Waals surface area contributed by atoms with Crippen molar-refractivity contribution in [1.29, 1.82) is 5.26 Å². The second-order valence-electron chi connectivity index (χ2n) is 15.1. The van der Waals surface area contributed by atoms with E-state index in [1.54, 1.807) is 38.1 Å². The molecule has 4 aliphatic carbocycles. The van der Waals surface area contributed by atoms with Gasteiger partial charge in [0.05, 0.1) is 0 Å². The maximum atomic E-state index is 15.3. The van der Waals surface area contributed by atoms with Gasteiger partial charge in [-0.05, 0) is 120 Å². The van der Waals surface area contributed by atoms with E-state index in [9.17, 15) is 32.7 Å². The van der Waals surface area contributed by atoms with Gasteiger partial charge in [0.25, 0.3) is 5.89 Å². The fraction of sp³-hybridized carbons (Fsp3) is 0.556. The first-order valence-electron chi connectivity index (χ1n) is 16.4. The fourth-order valence-corrected chi connectivity index (χ4v) is 7.45. The molecule has 0 radical (unpaired) electrons. The molecule has 13 heteroatoms. The quantitative estimate of drug-likeness (QED) is 0.227. The van der Waals surface area contributed by atoms with Crippen LogP contribution in [0, 0.1) is 28.5 Å². The lowest BCUT2D eigenvalue weighted by atomic mass is 9.53. The van der Waals surface area contributed by atoms with Crippen molar-refractivity contribution >= 4 is 11.6 Å². The number of amides is 1. The zero-order valence-corrected chi connectivity index (χ0v) is 27.8. The van der Waals surface area contributed by atoms with E-state index >= 15 is 4.39 Å². The Kier molecular flexibility index (Phi) is 8.37. The first-order chi connectivity index (χ1) is 22.8. The molecule has 4 fully saturated rings. The van der Waals surface area contributed by atoms with Crippen LogP contribution in [0.15, 0.2) is 47.0 Å². The number of fused-ring (bicyclic) bond motifs is 3. The van der Waals surface area contributed by atoms with E-state index in [2.05, 4.69) is 10.1 Å². The van der Waals surface area contributed by atoms with Gasteiger partial charge in [0, 0.05) is 29.1 Å². The third-order valence-electron chi connectivity index (χ3n) is 10.7. The van der Waals surface area contributed by atoms with E-state index < -0.39 is 58.9 Å². The van der Waals surface area contributed by atoms with Crippen molar-refractivity contribution < 1.29 is 41.1 Å². The van der Waals surface area contributed by atoms with Crippen molar-refractivity contribution in [3.05, 3.63) is 60.0 Å². The van der Waals surface area contributed by atoms with Gasteiger partial charge >= 0.3 is 6.18 Å². The predicted molar refractivity (Wildman–Crippen MR) is 168 cm³/mol. The molecule has 0 saturated heterocycles. The second-order valence-corrected chi connectivity index (χ2v) is 15.1. The highest BCUT2D eigenvalue weighted by Gasteiger charge is 2.63. The highest BCUT2D eigenvalue weighted by atomic mass is 19.4. The van der Waals surface area contributed by atoms with Crippen molar-refractivity contribution in [2.45, 2.75) is 108 Å². The molecule has 1 N–H and O–H groups in total. The normalized spacial score (nSPS) is 26.9. The molecule has 0 aliphatic heterocycles. The molecular weight excluding hydrogens is 647 g/mol. The molecule has 4 saturated carbocycles. The number of halogens is 5. The lowest BCUT2D eigenvalue weighted by molar-refractivity contribution is -0.295. The highest BCUT2D eigenvalue weighted by Crippen LogP contribution is 2.58. The molecule has 0 spiro atoms. The summed E-state index contributed by atoms with van der Waals surface area (Å²) < 4.78 is 81.3. The first-order valence-corrected chi connectivity index (χ1v) is 16.4. The smallest absolute Gasteiger partial charge is 0.417 e. The molecule has 262 valence electrons. The van der Waals surface area contributed by atoms with Crippen LogP contribution in [0.4, 0.5) is 27.6 Å². The van der Waals surface area contributed by atoms with Gasteiger partial charge in [-0.15, -0.1) is 0 Å². The van der Waals surface area contributed by atoms with Gasteiger partial charge in [-0.1, -0.05) is 17.3 Å². The zero-order chi connectivity index (χ0) is 35.6. The predicted octanol–water partition coefficient (Wildman–Crippen LogP) is 8.09. The van der Waals surface area contributed by atoms with Gasteiger partial charge in [0.1, 0.15) is 17.6 Å². The minimum atomic E-state index is -4.86. The summed E-state index contributed by atoms with van der Waals surface area (Å²) in [6, 6.07) is 12.7. The van der Waals surface area contributed by atoms with E-state index in [1.807, 2.05) is 6.07 Å². The van der Waals surface area contributed by atoms with E-state index in [1.165, 1.54) is 36.9 Å². The Bertz CT molecular complexity index is 1740. The van der Waals surface area contributed by atoms with E-state index in [-0.39, 0.29) is 23.4 Å². The molecule has 8 nitrogen and oxygen atoms in total. The van der Waals surface area contributed by atoms with Crippen LogP contribution in [0.5, 0.6) is 5.75 Å². The second kappa shape index (κ2) is 11.8. The molecule has 0 unspecified atom stereocenters. The van der Waals surface area contributed by atoms with E-state index in [4.69, 9.17) is 9.26 Å². The molecule has 0 atom stereocenters. The summed E-state index contributed by atoms with van der Waals surface area (Å²) in [5.74, 6) is -1.41. The van der Waals surface area contributed by atoms with Crippen LogP contribution in [0.3, 0.4) is 0 Å². The lowest BCUT2D eigenvalue weighted by Gasteiger charge is -2.54. The number of aliphatic hydroxyl groups is 1. The van der Waals surface area contributed by atoms with Gasteiger partial charge < -0.3 is 19.3 Å². The number of nitrogens with zero attached hydrogens (tertiary/aromatic N) is 4. The number of alkyl halides is 4. The number of anilines is 1. The lowest BCUT2D eigenvalue weighted by Crippen LogP contribution is -2.60. The summed E-state index contributed by atoms with van der Waals surface area (Å²) in [6.45, 7) is 6.11. The molecular formula is C36H39F5N4O4. The van der Waals surface area contributed by atoms with Crippen molar-refractivity contribution in [2.24, 2.45) is 11.3 Å². The molecule has 1 aromatic heterocycles. The molecule has 4 aliphatic rings. The van der Waals surface area contributed by atoms with Gasteiger partial charge in [0.2, 0.25) is 5.91 Å². The number of benzene rings is 2. The van der Waals surface area contributed by atoms with Crippen LogP contribution in [0.25, 0.3) is 11.1 Å². The molecule has 2 aromatic carbocycles. The number of hydrogen-bond acceptors (Lipinski definition) is 7. The maximum Gasteiger partial charge on any atom is 0.417 e. The van der Waals surface area contributed by atoms with E-state index in [0.717, 1.165) is 0 Å². The van der Waals surface area contributed by atoms with Gasteiger partial charge in [-0.2, -0.15) is 23.4 Å².